The van der Waals surface area contributed by atoms with Gasteiger partial charge in [-0.15, -0.1) is 0 Å². The fourth-order valence-corrected chi connectivity index (χ4v) is 4.68. The molecule has 3 aromatic carbocycles. The smallest absolute Gasteiger partial charge is 0.197 e. The number of aryl methyl sites for hydroxylation is 1. The van der Waals surface area contributed by atoms with Crippen molar-refractivity contribution in [1.82, 2.24) is 9.38 Å². The number of nitrogens with zero attached hydrogens (tertiary/aromatic N) is 2. The molecule has 0 aliphatic rings. The summed E-state index contributed by atoms with van der Waals surface area (Å²) < 4.78 is 17.7. The molecular weight excluding hydrogens is 393 g/mol. The quantitative estimate of drug-likeness (QED) is 0.347. The van der Waals surface area contributed by atoms with Crippen LogP contribution in [0.4, 0.5) is 15.9 Å². The summed E-state index contributed by atoms with van der Waals surface area (Å²) in [4.78, 5) is 5.57. The van der Waals surface area contributed by atoms with E-state index in [9.17, 15) is 4.39 Å². The molecule has 0 amide bonds. The highest BCUT2D eigenvalue weighted by Gasteiger charge is 2.21. The van der Waals surface area contributed by atoms with Crippen LogP contribution in [0.5, 0.6) is 0 Å². The van der Waals surface area contributed by atoms with Crippen molar-refractivity contribution in [3.8, 4) is 11.3 Å². The molecule has 0 aliphatic carbocycles. The molecule has 0 fully saturated rings. The van der Waals surface area contributed by atoms with Crippen LogP contribution in [-0.4, -0.2) is 9.38 Å². The molecule has 2 aromatic heterocycles. The lowest BCUT2D eigenvalue weighted by atomic mass is 10.1. The molecule has 5 aromatic rings. The topological polar surface area (TPSA) is 29.3 Å². The fourth-order valence-electron chi connectivity index (χ4n) is 3.38. The fraction of sp³-hybridized carbons (Fsp3) is 0.0455. The second-order valence-corrected chi connectivity index (χ2v) is 7.95. The Hall–Kier alpha value is -2.89. The van der Waals surface area contributed by atoms with Gasteiger partial charge >= 0.3 is 0 Å². The molecule has 0 unspecified atom stereocenters. The monoisotopic (exact) mass is 407 g/mol. The first-order chi connectivity index (χ1) is 13.6. The number of fused-ring (bicyclic) bond motifs is 3. The molecule has 1 N–H and O–H groups in total. The number of halogens is 2. The van der Waals surface area contributed by atoms with Gasteiger partial charge in [0.2, 0.25) is 0 Å². The van der Waals surface area contributed by atoms with Crippen molar-refractivity contribution in [2.45, 2.75) is 6.92 Å². The van der Waals surface area contributed by atoms with E-state index in [-0.39, 0.29) is 5.82 Å². The highest BCUT2D eigenvalue weighted by atomic mass is 35.5. The van der Waals surface area contributed by atoms with Crippen LogP contribution in [0.3, 0.4) is 0 Å². The van der Waals surface area contributed by atoms with Crippen molar-refractivity contribution in [2.75, 3.05) is 5.32 Å². The number of aromatic nitrogens is 2. The first kappa shape index (κ1) is 17.2. The summed E-state index contributed by atoms with van der Waals surface area (Å²) in [5.74, 6) is 0.394. The van der Waals surface area contributed by atoms with Gasteiger partial charge in [0.1, 0.15) is 17.3 Å². The molecule has 28 heavy (non-hydrogen) atoms. The van der Waals surface area contributed by atoms with Crippen molar-refractivity contribution in [3.05, 3.63) is 83.1 Å². The van der Waals surface area contributed by atoms with E-state index in [1.165, 1.54) is 6.07 Å². The van der Waals surface area contributed by atoms with Crippen molar-refractivity contribution >= 4 is 49.6 Å². The van der Waals surface area contributed by atoms with E-state index >= 15 is 0 Å². The zero-order valence-electron chi connectivity index (χ0n) is 14.9. The molecule has 0 spiro atoms. The van der Waals surface area contributed by atoms with Gasteiger partial charge in [0.15, 0.2) is 4.96 Å². The Labute approximate surface area is 170 Å². The minimum atomic E-state index is -0.309. The Morgan fingerprint density at radius 1 is 1.00 bits per heavy atom. The number of thiazole rings is 1. The SMILES string of the molecule is Cc1cccc(Cl)c1Nc1c(-c2ccccc2F)nc2sc3ccccc3n12. The summed E-state index contributed by atoms with van der Waals surface area (Å²) in [5.41, 5.74) is 3.83. The first-order valence-electron chi connectivity index (χ1n) is 8.80. The van der Waals surface area contributed by atoms with E-state index in [0.717, 1.165) is 26.4 Å². The van der Waals surface area contributed by atoms with Gasteiger partial charge in [-0.1, -0.05) is 59.3 Å². The number of rotatable bonds is 3. The average molecular weight is 408 g/mol. The van der Waals surface area contributed by atoms with Gasteiger partial charge in [-0.2, -0.15) is 0 Å². The number of anilines is 2. The highest BCUT2D eigenvalue weighted by Crippen LogP contribution is 2.39. The van der Waals surface area contributed by atoms with Gasteiger partial charge in [0.05, 0.1) is 20.9 Å². The molecule has 3 nitrogen and oxygen atoms in total. The van der Waals surface area contributed by atoms with E-state index in [4.69, 9.17) is 16.6 Å². The Kier molecular flexibility index (Phi) is 4.07. The molecule has 0 bridgehead atoms. The Balaban J connectivity index is 1.83. The van der Waals surface area contributed by atoms with Gasteiger partial charge in [-0.25, -0.2) is 9.37 Å². The van der Waals surface area contributed by atoms with Crippen LogP contribution in [-0.2, 0) is 0 Å². The van der Waals surface area contributed by atoms with Crippen LogP contribution in [0, 0.1) is 12.7 Å². The third kappa shape index (κ3) is 2.66. The number of imidazole rings is 1. The summed E-state index contributed by atoms with van der Waals surface area (Å²) in [5, 5.41) is 4.05. The molecule has 0 aliphatic heterocycles. The summed E-state index contributed by atoms with van der Waals surface area (Å²) in [6.45, 7) is 1.99. The predicted octanol–water partition coefficient (Wildman–Crippen LogP) is 7.06. The minimum Gasteiger partial charge on any atom is -0.338 e. The maximum absolute atomic E-state index is 14.6. The third-order valence-corrected chi connectivity index (χ3v) is 6.08. The maximum atomic E-state index is 14.6. The second-order valence-electron chi connectivity index (χ2n) is 6.53. The van der Waals surface area contributed by atoms with E-state index in [0.29, 0.717) is 22.1 Å². The lowest BCUT2D eigenvalue weighted by molar-refractivity contribution is 0.631. The zero-order chi connectivity index (χ0) is 19.3. The Morgan fingerprint density at radius 3 is 2.61 bits per heavy atom. The van der Waals surface area contributed by atoms with E-state index in [1.807, 2.05) is 53.8 Å². The van der Waals surface area contributed by atoms with Crippen LogP contribution >= 0.6 is 22.9 Å². The van der Waals surface area contributed by atoms with E-state index < -0.39 is 0 Å². The molecule has 138 valence electrons. The molecule has 5 rings (SSSR count). The highest BCUT2D eigenvalue weighted by molar-refractivity contribution is 7.23. The third-order valence-electron chi connectivity index (χ3n) is 4.75. The zero-order valence-corrected chi connectivity index (χ0v) is 16.5. The van der Waals surface area contributed by atoms with Crippen LogP contribution in [0.1, 0.15) is 5.56 Å². The van der Waals surface area contributed by atoms with Crippen molar-refractivity contribution in [3.63, 3.8) is 0 Å². The number of nitrogens with one attached hydrogen (secondary N) is 1. The number of para-hydroxylation sites is 2. The maximum Gasteiger partial charge on any atom is 0.197 e. The molecule has 0 radical (unpaired) electrons. The van der Waals surface area contributed by atoms with Gasteiger partial charge in [0, 0.05) is 5.56 Å². The van der Waals surface area contributed by atoms with Gasteiger partial charge in [-0.05, 0) is 42.8 Å². The second kappa shape index (κ2) is 6.62. The largest absolute Gasteiger partial charge is 0.338 e. The average Bonchev–Trinajstić information content (AvgIpc) is 3.21. The summed E-state index contributed by atoms with van der Waals surface area (Å²) in [7, 11) is 0. The predicted molar refractivity (Wildman–Crippen MR) is 115 cm³/mol. The lowest BCUT2D eigenvalue weighted by Crippen LogP contribution is -2.00. The molecule has 0 saturated heterocycles. The van der Waals surface area contributed by atoms with Crippen LogP contribution in [0.25, 0.3) is 26.4 Å². The number of hydrogen-bond donors (Lipinski definition) is 1. The minimum absolute atomic E-state index is 0.309. The summed E-state index contributed by atoms with van der Waals surface area (Å²) in [6.07, 6.45) is 0. The van der Waals surface area contributed by atoms with Crippen molar-refractivity contribution in [2.24, 2.45) is 0 Å². The van der Waals surface area contributed by atoms with Gasteiger partial charge < -0.3 is 5.32 Å². The van der Waals surface area contributed by atoms with Crippen LogP contribution in [0.15, 0.2) is 66.7 Å². The van der Waals surface area contributed by atoms with E-state index in [2.05, 4.69) is 11.4 Å². The number of benzene rings is 3. The standard InChI is InChI=1S/C22H15ClFN3S/c1-13-7-6-9-15(23)19(13)25-21-20(14-8-2-3-10-16(14)24)26-22-27(21)17-11-4-5-12-18(17)28-22/h2-12,25H,1H3. The van der Waals surface area contributed by atoms with Crippen LogP contribution in [0.2, 0.25) is 5.02 Å². The number of hydrogen-bond acceptors (Lipinski definition) is 3. The molecule has 0 saturated carbocycles. The molecule has 0 atom stereocenters. The van der Waals surface area contributed by atoms with E-state index in [1.54, 1.807) is 23.5 Å². The molecule has 2 heterocycles. The van der Waals surface area contributed by atoms with Gasteiger partial charge in [-0.3, -0.25) is 4.40 Å². The Morgan fingerprint density at radius 2 is 1.79 bits per heavy atom. The normalized spacial score (nSPS) is 11.4. The van der Waals surface area contributed by atoms with Crippen LogP contribution < -0.4 is 5.32 Å². The molecule has 6 heteroatoms. The van der Waals surface area contributed by atoms with Crippen molar-refractivity contribution in [1.29, 1.82) is 0 Å². The first-order valence-corrected chi connectivity index (χ1v) is 10.00. The lowest BCUT2D eigenvalue weighted by Gasteiger charge is -2.13. The Bertz CT molecular complexity index is 1320. The summed E-state index contributed by atoms with van der Waals surface area (Å²) in [6, 6.07) is 20.5. The van der Waals surface area contributed by atoms with Gasteiger partial charge in [0.25, 0.3) is 0 Å². The summed E-state index contributed by atoms with van der Waals surface area (Å²) >= 11 is 8.03. The van der Waals surface area contributed by atoms with Crippen molar-refractivity contribution < 1.29 is 4.39 Å². The molecular formula is C22H15ClFN3S.